The average molecular weight is 262 g/mol. The van der Waals surface area contributed by atoms with Gasteiger partial charge in [-0.2, -0.15) is 0 Å². The first-order valence-corrected chi connectivity index (χ1v) is 7.86. The maximum absolute atomic E-state index is 12.2. The van der Waals surface area contributed by atoms with E-state index in [0.29, 0.717) is 11.8 Å². The van der Waals surface area contributed by atoms with E-state index in [1.54, 1.807) is 0 Å². The van der Waals surface area contributed by atoms with Gasteiger partial charge in [0.2, 0.25) is 5.91 Å². The number of carbonyl (C=O) groups excluding carboxylic acids is 1. The van der Waals surface area contributed by atoms with Crippen molar-refractivity contribution in [3.8, 4) is 0 Å². The smallest absolute Gasteiger partial charge is 0.235 e. The molecule has 0 aliphatic carbocycles. The van der Waals surface area contributed by atoms with Crippen LogP contribution in [-0.4, -0.2) is 40.8 Å². The minimum Gasteiger partial charge on any atom is -0.341 e. The van der Waals surface area contributed by atoms with Crippen LogP contribution >= 0.6 is 23.4 Å². The van der Waals surface area contributed by atoms with Crippen molar-refractivity contribution >= 4 is 29.3 Å². The Morgan fingerprint density at radius 1 is 1.38 bits per heavy atom. The first kappa shape index (κ1) is 12.6. The van der Waals surface area contributed by atoms with Crippen molar-refractivity contribution in [3.63, 3.8) is 0 Å². The van der Waals surface area contributed by atoms with Gasteiger partial charge in [0.25, 0.3) is 0 Å². The van der Waals surface area contributed by atoms with E-state index in [0.717, 1.165) is 44.0 Å². The molecule has 0 radical (unpaired) electrons. The van der Waals surface area contributed by atoms with Crippen LogP contribution in [0.5, 0.6) is 0 Å². The van der Waals surface area contributed by atoms with Crippen molar-refractivity contribution < 1.29 is 4.79 Å². The third-order valence-corrected chi connectivity index (χ3v) is 5.14. The lowest BCUT2D eigenvalue weighted by Crippen LogP contribution is -2.43. The number of alkyl halides is 1. The highest BCUT2D eigenvalue weighted by Gasteiger charge is 2.30. The fraction of sp³-hybridized carbons (Fsp3) is 0.917. The first-order chi connectivity index (χ1) is 7.81. The summed E-state index contributed by atoms with van der Waals surface area (Å²) in [5, 5.41) is 0.259. The molecule has 0 bridgehead atoms. The second kappa shape index (κ2) is 6.15. The van der Waals surface area contributed by atoms with Crippen molar-refractivity contribution in [1.29, 1.82) is 0 Å². The molecule has 2 heterocycles. The number of hydrogen-bond acceptors (Lipinski definition) is 2. The zero-order valence-corrected chi connectivity index (χ0v) is 11.2. The van der Waals surface area contributed by atoms with Gasteiger partial charge in [-0.1, -0.05) is 0 Å². The van der Waals surface area contributed by atoms with Gasteiger partial charge < -0.3 is 4.90 Å². The molecule has 0 spiro atoms. The molecular formula is C12H20ClNOS. The second-order valence-electron chi connectivity index (χ2n) is 4.77. The molecule has 2 aliphatic rings. The predicted octanol–water partition coefficient (Wildman–Crippen LogP) is 2.75. The van der Waals surface area contributed by atoms with Crippen molar-refractivity contribution in [2.75, 3.05) is 24.7 Å². The van der Waals surface area contributed by atoms with E-state index in [4.69, 9.17) is 11.6 Å². The highest BCUT2D eigenvalue weighted by atomic mass is 35.5. The number of nitrogens with zero attached hydrogens (tertiary/aromatic N) is 1. The Kier molecular flexibility index (Phi) is 4.83. The molecule has 2 unspecified atom stereocenters. The van der Waals surface area contributed by atoms with Gasteiger partial charge in [0, 0.05) is 19.0 Å². The molecule has 2 fully saturated rings. The molecule has 2 nitrogen and oxygen atoms in total. The fourth-order valence-corrected chi connectivity index (χ4v) is 4.18. The maximum atomic E-state index is 12.2. The molecule has 0 aromatic carbocycles. The summed E-state index contributed by atoms with van der Waals surface area (Å²) in [4.78, 5) is 14.3. The van der Waals surface area contributed by atoms with Crippen LogP contribution in [0.3, 0.4) is 0 Å². The Hall–Kier alpha value is 0.110. The van der Waals surface area contributed by atoms with Crippen molar-refractivity contribution in [3.05, 3.63) is 0 Å². The van der Waals surface area contributed by atoms with E-state index in [1.807, 2.05) is 11.8 Å². The summed E-state index contributed by atoms with van der Waals surface area (Å²) in [7, 11) is 0. The standard InChI is InChI=1S/C12H20ClNOS/c13-6-5-10-3-1-7-14(9-10)12(15)11-4-2-8-16-11/h10-11H,1-9H2. The highest BCUT2D eigenvalue weighted by Crippen LogP contribution is 2.29. The van der Waals surface area contributed by atoms with Crippen molar-refractivity contribution in [2.45, 2.75) is 37.4 Å². The number of hydrogen-bond donors (Lipinski definition) is 0. The highest BCUT2D eigenvalue weighted by molar-refractivity contribution is 8.00. The Labute approximate surface area is 107 Å². The Bertz CT molecular complexity index is 241. The summed E-state index contributed by atoms with van der Waals surface area (Å²) in [6.45, 7) is 1.91. The molecule has 0 saturated carbocycles. The van der Waals surface area contributed by atoms with Crippen molar-refractivity contribution in [2.24, 2.45) is 5.92 Å². The molecule has 4 heteroatoms. The fourth-order valence-electron chi connectivity index (χ4n) is 2.63. The lowest BCUT2D eigenvalue weighted by Gasteiger charge is -2.34. The average Bonchev–Trinajstić information content (AvgIpc) is 2.82. The lowest BCUT2D eigenvalue weighted by molar-refractivity contribution is -0.132. The third-order valence-electron chi connectivity index (χ3n) is 3.55. The summed E-state index contributed by atoms with van der Waals surface area (Å²) in [6.07, 6.45) is 5.75. The van der Waals surface area contributed by atoms with Gasteiger partial charge in [0.1, 0.15) is 0 Å². The van der Waals surface area contributed by atoms with Crippen LogP contribution in [0.4, 0.5) is 0 Å². The number of thioether (sulfide) groups is 1. The number of likely N-dealkylation sites (tertiary alicyclic amines) is 1. The number of rotatable bonds is 3. The van der Waals surface area contributed by atoms with E-state index in [1.165, 1.54) is 12.8 Å². The first-order valence-electron chi connectivity index (χ1n) is 6.27. The topological polar surface area (TPSA) is 20.3 Å². The van der Waals surface area contributed by atoms with Gasteiger partial charge in [-0.15, -0.1) is 23.4 Å². The Morgan fingerprint density at radius 3 is 2.94 bits per heavy atom. The summed E-state index contributed by atoms with van der Waals surface area (Å²) in [6, 6.07) is 0. The van der Waals surface area contributed by atoms with Gasteiger partial charge in [0.05, 0.1) is 5.25 Å². The number of amides is 1. The van der Waals surface area contributed by atoms with E-state index in [-0.39, 0.29) is 5.25 Å². The Balaban J connectivity index is 1.85. The van der Waals surface area contributed by atoms with Crippen LogP contribution in [0, 0.1) is 5.92 Å². The van der Waals surface area contributed by atoms with Crippen LogP contribution < -0.4 is 0 Å². The number of piperidine rings is 1. The van der Waals surface area contributed by atoms with Crippen molar-refractivity contribution in [1.82, 2.24) is 4.90 Å². The van der Waals surface area contributed by atoms with Gasteiger partial charge in [-0.3, -0.25) is 4.79 Å². The minimum absolute atomic E-state index is 0.259. The molecular weight excluding hydrogens is 242 g/mol. The van der Waals surface area contributed by atoms with Crippen LogP contribution in [0.15, 0.2) is 0 Å². The largest absolute Gasteiger partial charge is 0.341 e. The summed E-state index contributed by atoms with van der Waals surface area (Å²) < 4.78 is 0. The monoisotopic (exact) mass is 261 g/mol. The molecule has 2 aliphatic heterocycles. The van der Waals surface area contributed by atoms with Gasteiger partial charge in [-0.25, -0.2) is 0 Å². The molecule has 0 aromatic rings. The molecule has 16 heavy (non-hydrogen) atoms. The summed E-state index contributed by atoms with van der Waals surface area (Å²) in [5.41, 5.74) is 0. The quantitative estimate of drug-likeness (QED) is 0.728. The molecule has 2 rings (SSSR count). The number of carbonyl (C=O) groups is 1. The lowest BCUT2D eigenvalue weighted by atomic mass is 9.95. The van der Waals surface area contributed by atoms with Crippen LogP contribution in [0.25, 0.3) is 0 Å². The molecule has 1 amide bonds. The van der Waals surface area contributed by atoms with Crippen LogP contribution in [-0.2, 0) is 4.79 Å². The van der Waals surface area contributed by atoms with E-state index >= 15 is 0 Å². The van der Waals surface area contributed by atoms with Crippen LogP contribution in [0.1, 0.15) is 32.1 Å². The molecule has 92 valence electrons. The summed E-state index contributed by atoms with van der Waals surface area (Å²) in [5.74, 6) is 2.92. The number of halogens is 1. The zero-order chi connectivity index (χ0) is 11.4. The molecule has 2 saturated heterocycles. The van der Waals surface area contributed by atoms with Gasteiger partial charge in [-0.05, 0) is 43.8 Å². The molecule has 2 atom stereocenters. The summed E-state index contributed by atoms with van der Waals surface area (Å²) >= 11 is 7.62. The Morgan fingerprint density at radius 2 is 2.25 bits per heavy atom. The van der Waals surface area contributed by atoms with E-state index in [9.17, 15) is 4.79 Å². The van der Waals surface area contributed by atoms with Gasteiger partial charge in [0.15, 0.2) is 0 Å². The third kappa shape index (κ3) is 3.07. The van der Waals surface area contributed by atoms with E-state index < -0.39 is 0 Å². The maximum Gasteiger partial charge on any atom is 0.235 e. The molecule has 0 aromatic heterocycles. The minimum atomic E-state index is 0.259. The van der Waals surface area contributed by atoms with Gasteiger partial charge >= 0.3 is 0 Å². The van der Waals surface area contributed by atoms with Crippen LogP contribution in [0.2, 0.25) is 0 Å². The zero-order valence-electron chi connectivity index (χ0n) is 9.66. The van der Waals surface area contributed by atoms with E-state index in [2.05, 4.69) is 4.90 Å². The molecule has 0 N–H and O–H groups in total. The SMILES string of the molecule is O=C(C1CCCS1)N1CCCC(CCCl)C1. The second-order valence-corrected chi connectivity index (χ2v) is 6.46. The normalized spacial score (nSPS) is 30.7. The predicted molar refractivity (Wildman–Crippen MR) is 70.1 cm³/mol.